The Morgan fingerprint density at radius 1 is 0.485 bits per heavy atom. The van der Waals surface area contributed by atoms with Gasteiger partial charge in [0, 0.05) is 0 Å². The van der Waals surface area contributed by atoms with E-state index in [-0.39, 0.29) is 7.91 Å². The zero-order chi connectivity index (χ0) is 22.9. The Hall–Kier alpha value is -3.39. The molecular formula is C28H24N2O2Te. The summed E-state index contributed by atoms with van der Waals surface area (Å²) in [6.45, 7) is 0.873. The second-order valence-electron chi connectivity index (χ2n) is 7.45. The van der Waals surface area contributed by atoms with Crippen LogP contribution in [-0.2, 0) is 13.1 Å². The van der Waals surface area contributed by atoms with E-state index in [1.807, 2.05) is 121 Å². The number of para-hydroxylation sites is 2. The van der Waals surface area contributed by atoms with Gasteiger partial charge >= 0.3 is 205 Å². The molecule has 0 atom stereocenters. The van der Waals surface area contributed by atoms with Crippen molar-refractivity contribution >= 4 is 40.2 Å². The van der Waals surface area contributed by atoms with Gasteiger partial charge in [0.15, 0.2) is 0 Å². The molecule has 0 heterocycles. The van der Waals surface area contributed by atoms with Gasteiger partial charge in [-0.15, -0.1) is 0 Å². The Kier molecular flexibility index (Phi) is 7.92. The molecule has 0 unspecified atom stereocenters. The summed E-state index contributed by atoms with van der Waals surface area (Å²) in [5.41, 5.74) is 3.66. The molecule has 0 saturated carbocycles. The summed E-state index contributed by atoms with van der Waals surface area (Å²) in [4.78, 5) is 30.4. The summed E-state index contributed by atoms with van der Waals surface area (Å²) in [5.74, 6) is 0. The summed E-state index contributed by atoms with van der Waals surface area (Å²) < 4.78 is -0.205. The van der Waals surface area contributed by atoms with Gasteiger partial charge < -0.3 is 0 Å². The second-order valence-corrected chi connectivity index (χ2v) is 10.0. The molecule has 4 aromatic rings. The first kappa shape index (κ1) is 22.8. The fraction of sp³-hybridized carbons (Fsp3) is 0.0714. The van der Waals surface area contributed by atoms with Crippen molar-refractivity contribution < 1.29 is 9.59 Å². The van der Waals surface area contributed by atoms with Crippen molar-refractivity contribution in [1.82, 2.24) is 0 Å². The molecule has 0 spiro atoms. The van der Waals surface area contributed by atoms with Gasteiger partial charge in [-0.1, -0.05) is 0 Å². The number of amides is 2. The van der Waals surface area contributed by atoms with Crippen molar-refractivity contribution in [3.8, 4) is 0 Å². The predicted octanol–water partition coefficient (Wildman–Crippen LogP) is 6.34. The number of hydrogen-bond acceptors (Lipinski definition) is 2. The number of hydrogen-bond donors (Lipinski definition) is 0. The third kappa shape index (κ3) is 6.32. The first-order chi connectivity index (χ1) is 16.2. The molecule has 0 aromatic heterocycles. The van der Waals surface area contributed by atoms with Crippen LogP contribution < -0.4 is 9.80 Å². The van der Waals surface area contributed by atoms with Crippen molar-refractivity contribution in [3.05, 3.63) is 132 Å². The van der Waals surface area contributed by atoms with Crippen LogP contribution in [0.4, 0.5) is 21.0 Å². The number of carbonyl (C=O) groups is 2. The Morgan fingerprint density at radius 2 is 0.788 bits per heavy atom. The van der Waals surface area contributed by atoms with Crippen LogP contribution in [0.1, 0.15) is 11.1 Å². The summed E-state index contributed by atoms with van der Waals surface area (Å²) in [6.07, 6.45) is 0. The average molecular weight is 548 g/mol. The Balaban J connectivity index is 1.57. The zero-order valence-corrected chi connectivity index (χ0v) is 20.4. The molecular weight excluding hydrogens is 524 g/mol. The van der Waals surface area contributed by atoms with E-state index in [9.17, 15) is 9.59 Å². The first-order valence-corrected chi connectivity index (χ1v) is 13.0. The molecule has 0 radical (unpaired) electrons. The van der Waals surface area contributed by atoms with Gasteiger partial charge in [0.05, 0.1) is 0 Å². The first-order valence-electron chi connectivity index (χ1n) is 10.7. The number of nitrogens with zero attached hydrogens (tertiary/aromatic N) is 2. The van der Waals surface area contributed by atoms with Crippen LogP contribution in [-0.4, -0.2) is 28.8 Å². The average Bonchev–Trinajstić information content (AvgIpc) is 2.88. The molecule has 2 amide bonds. The van der Waals surface area contributed by atoms with Gasteiger partial charge in [0.1, 0.15) is 0 Å². The van der Waals surface area contributed by atoms with E-state index >= 15 is 0 Å². The molecule has 164 valence electrons. The molecule has 4 aromatic carbocycles. The predicted molar refractivity (Wildman–Crippen MR) is 135 cm³/mol. The third-order valence-corrected chi connectivity index (χ3v) is 7.37. The van der Waals surface area contributed by atoms with Crippen molar-refractivity contribution in [1.29, 1.82) is 0 Å². The van der Waals surface area contributed by atoms with Crippen LogP contribution in [0.3, 0.4) is 0 Å². The number of carbonyl (C=O) groups excluding carboxylic acids is 2. The molecule has 0 fully saturated rings. The molecule has 0 aliphatic heterocycles. The number of benzene rings is 4. The maximum atomic E-state index is 13.5. The molecule has 5 heteroatoms. The number of anilines is 2. The Labute approximate surface area is 204 Å². The summed E-state index contributed by atoms with van der Waals surface area (Å²) in [7, 11) is 0. The van der Waals surface area contributed by atoms with Gasteiger partial charge in [-0.05, 0) is 0 Å². The van der Waals surface area contributed by atoms with E-state index in [2.05, 4.69) is 0 Å². The number of rotatable bonds is 8. The molecule has 0 bridgehead atoms. The topological polar surface area (TPSA) is 40.6 Å². The van der Waals surface area contributed by atoms with Crippen LogP contribution >= 0.6 is 0 Å². The van der Waals surface area contributed by atoms with Gasteiger partial charge in [-0.3, -0.25) is 0 Å². The van der Waals surface area contributed by atoms with E-state index in [0.29, 0.717) is 13.1 Å². The summed E-state index contributed by atoms with van der Waals surface area (Å²) in [5, 5.41) is 0. The van der Waals surface area contributed by atoms with Crippen molar-refractivity contribution in [3.63, 3.8) is 0 Å². The van der Waals surface area contributed by atoms with Crippen LogP contribution in [0, 0.1) is 0 Å². The van der Waals surface area contributed by atoms with E-state index in [1.165, 1.54) is 0 Å². The van der Waals surface area contributed by atoms with E-state index < -0.39 is 20.9 Å². The monoisotopic (exact) mass is 550 g/mol. The van der Waals surface area contributed by atoms with Gasteiger partial charge in [-0.2, -0.15) is 0 Å². The molecule has 4 rings (SSSR count). The van der Waals surface area contributed by atoms with Crippen LogP contribution in [0.15, 0.2) is 121 Å². The minimum absolute atomic E-state index is 0.102. The summed E-state index contributed by atoms with van der Waals surface area (Å²) >= 11 is -1.68. The van der Waals surface area contributed by atoms with Crippen molar-refractivity contribution in [2.75, 3.05) is 9.80 Å². The second kappa shape index (κ2) is 11.5. The fourth-order valence-corrected chi connectivity index (χ4v) is 5.48. The van der Waals surface area contributed by atoms with Crippen LogP contribution in [0.5, 0.6) is 0 Å². The normalized spacial score (nSPS) is 10.4. The van der Waals surface area contributed by atoms with Gasteiger partial charge in [-0.25, -0.2) is 0 Å². The Bertz CT molecular complexity index is 1070. The van der Waals surface area contributed by atoms with Gasteiger partial charge in [0.25, 0.3) is 0 Å². The maximum absolute atomic E-state index is 13.5. The van der Waals surface area contributed by atoms with E-state index in [0.717, 1.165) is 22.5 Å². The quantitative estimate of drug-likeness (QED) is 0.241. The fourth-order valence-electron chi connectivity index (χ4n) is 3.46. The summed E-state index contributed by atoms with van der Waals surface area (Å²) in [6, 6.07) is 38.9. The SMILES string of the molecule is O=C([Te]C(=O)N(Cc1ccccc1)c1ccccc1)N(Cc1ccccc1)c1ccccc1. The molecule has 4 nitrogen and oxygen atoms in total. The zero-order valence-electron chi connectivity index (χ0n) is 18.1. The molecule has 0 saturated heterocycles. The molecule has 0 aliphatic rings. The van der Waals surface area contributed by atoms with Crippen molar-refractivity contribution in [2.24, 2.45) is 0 Å². The van der Waals surface area contributed by atoms with Crippen molar-refractivity contribution in [2.45, 2.75) is 13.1 Å². The van der Waals surface area contributed by atoms with E-state index in [4.69, 9.17) is 0 Å². The molecule has 0 N–H and O–H groups in total. The Morgan fingerprint density at radius 3 is 1.12 bits per heavy atom. The van der Waals surface area contributed by atoms with Crippen LogP contribution in [0.2, 0.25) is 0 Å². The third-order valence-electron chi connectivity index (χ3n) is 5.12. The van der Waals surface area contributed by atoms with E-state index in [1.54, 1.807) is 9.80 Å². The van der Waals surface area contributed by atoms with Gasteiger partial charge in [0.2, 0.25) is 0 Å². The minimum atomic E-state index is -1.68. The standard InChI is InChI=1S/C28H24N2O2Te/c31-27(29(25-17-9-3-10-18-25)21-23-13-5-1-6-14-23)33-28(32)30(26-19-11-4-12-20-26)22-24-15-7-2-8-16-24/h1-20H,21-22H2. The molecule has 0 aliphatic carbocycles. The molecule has 33 heavy (non-hydrogen) atoms. The van der Waals surface area contributed by atoms with Crippen LogP contribution in [0.25, 0.3) is 0 Å².